The molecule has 4 aliphatic carbocycles. The van der Waals surface area contributed by atoms with Crippen LogP contribution in [0.2, 0.25) is 0 Å². The highest BCUT2D eigenvalue weighted by Crippen LogP contribution is 2.66. The van der Waals surface area contributed by atoms with Crippen molar-refractivity contribution in [3.8, 4) is 0 Å². The molecule has 6 unspecified atom stereocenters. The Morgan fingerprint density at radius 2 is 1.83 bits per heavy atom. The number of hydrogen-bond acceptors (Lipinski definition) is 2. The first kappa shape index (κ1) is 17.9. The summed E-state index contributed by atoms with van der Waals surface area (Å²) in [6.45, 7) is 6.65. The van der Waals surface area contributed by atoms with Crippen molar-refractivity contribution in [1.29, 1.82) is 0 Å². The van der Waals surface area contributed by atoms with Crippen LogP contribution < -0.4 is 0 Å². The van der Waals surface area contributed by atoms with Crippen molar-refractivity contribution in [2.24, 2.45) is 34.5 Å². The number of rotatable bonds is 1. The number of hydrogen-bond donors (Lipinski definition) is 0. The molecule has 0 aromatic carbocycles. The van der Waals surface area contributed by atoms with Gasteiger partial charge < -0.3 is 0 Å². The van der Waals surface area contributed by atoms with Gasteiger partial charge in [0.2, 0.25) is 0 Å². The Hall–Kier alpha value is -0.920. The highest BCUT2D eigenvalue weighted by Gasteiger charge is 2.59. The summed E-state index contributed by atoms with van der Waals surface area (Å²) in [5, 5.41) is 0. The first-order chi connectivity index (χ1) is 10.9. The van der Waals surface area contributed by atoms with E-state index < -0.39 is 0 Å². The SMILES string of the molecule is C.CC(=O)C1CCC2C3CCC4=CC(=O)CCC4(C)C3CCC12C.[2HH]. The van der Waals surface area contributed by atoms with Crippen molar-refractivity contribution in [2.75, 3.05) is 0 Å². The maximum atomic E-state index is 12.1. The molecule has 6 atom stereocenters. The van der Waals surface area contributed by atoms with E-state index in [4.69, 9.17) is 0 Å². The topological polar surface area (TPSA) is 34.1 Å². The molecule has 0 radical (unpaired) electrons. The van der Waals surface area contributed by atoms with Crippen LogP contribution in [0.15, 0.2) is 11.6 Å². The lowest BCUT2D eigenvalue weighted by Gasteiger charge is -2.58. The van der Waals surface area contributed by atoms with Crippen LogP contribution in [0.1, 0.15) is 81.0 Å². The molecule has 4 rings (SSSR count). The summed E-state index contributed by atoms with van der Waals surface area (Å²) in [5.74, 6) is 3.29. The monoisotopic (exact) mass is 333 g/mol. The van der Waals surface area contributed by atoms with Crippen LogP contribution in [0.25, 0.3) is 0 Å². The minimum Gasteiger partial charge on any atom is -0.300 e. The fraction of sp³-hybridized carbons (Fsp3) is 0.818. The Morgan fingerprint density at radius 1 is 1.08 bits per heavy atom. The summed E-state index contributed by atoms with van der Waals surface area (Å²) in [6, 6.07) is 0. The molecule has 0 spiro atoms. The second kappa shape index (κ2) is 5.81. The quantitative estimate of drug-likeness (QED) is 0.625. The molecule has 0 amide bonds. The number of allylic oxidation sites excluding steroid dienone is 1. The number of carbonyl (C=O) groups excluding carboxylic acids is 2. The first-order valence-corrected chi connectivity index (χ1v) is 9.60. The molecule has 3 saturated carbocycles. The molecule has 0 N–H and O–H groups in total. The minimum atomic E-state index is 0. The van der Waals surface area contributed by atoms with E-state index >= 15 is 0 Å². The Kier molecular flexibility index (Phi) is 4.33. The number of fused-ring (bicyclic) bond motifs is 5. The zero-order chi connectivity index (χ0) is 16.4. The van der Waals surface area contributed by atoms with Gasteiger partial charge in [-0.1, -0.05) is 26.8 Å². The zero-order valence-corrected chi connectivity index (χ0v) is 14.9. The van der Waals surface area contributed by atoms with E-state index in [0.29, 0.717) is 17.5 Å². The molecule has 0 bridgehead atoms. The lowest BCUT2D eigenvalue weighted by atomic mass is 9.47. The summed E-state index contributed by atoms with van der Waals surface area (Å²) in [6.07, 6.45) is 10.9. The Balaban J connectivity index is 0.00000113. The van der Waals surface area contributed by atoms with E-state index in [0.717, 1.165) is 43.4 Å². The Morgan fingerprint density at radius 3 is 2.54 bits per heavy atom. The van der Waals surface area contributed by atoms with Gasteiger partial charge in [0.05, 0.1) is 0 Å². The van der Waals surface area contributed by atoms with E-state index in [-0.39, 0.29) is 19.7 Å². The summed E-state index contributed by atoms with van der Waals surface area (Å²) in [4.78, 5) is 24.0. The molecule has 4 aliphatic rings. The van der Waals surface area contributed by atoms with Gasteiger partial charge in [-0.15, -0.1) is 0 Å². The molecular formula is C22H36O2. The molecule has 24 heavy (non-hydrogen) atoms. The predicted molar refractivity (Wildman–Crippen MR) is 99.7 cm³/mol. The van der Waals surface area contributed by atoms with Crippen molar-refractivity contribution in [1.82, 2.24) is 0 Å². The summed E-state index contributed by atoms with van der Waals surface area (Å²) >= 11 is 0. The van der Waals surface area contributed by atoms with Crippen LogP contribution in [-0.2, 0) is 9.59 Å². The second-order valence-corrected chi connectivity index (χ2v) is 9.25. The average molecular weight is 334 g/mol. The number of carbonyl (C=O) groups is 2. The van der Waals surface area contributed by atoms with Gasteiger partial charge in [-0.2, -0.15) is 0 Å². The molecule has 0 aliphatic heterocycles. The van der Waals surface area contributed by atoms with Gasteiger partial charge in [0.25, 0.3) is 0 Å². The van der Waals surface area contributed by atoms with Crippen molar-refractivity contribution in [2.45, 2.75) is 79.6 Å². The van der Waals surface area contributed by atoms with Crippen LogP contribution in [0.3, 0.4) is 0 Å². The van der Waals surface area contributed by atoms with Gasteiger partial charge in [0.1, 0.15) is 5.78 Å². The molecule has 2 heteroatoms. The molecular weight excluding hydrogens is 296 g/mol. The highest BCUT2D eigenvalue weighted by atomic mass is 16.1. The van der Waals surface area contributed by atoms with Gasteiger partial charge in [-0.3, -0.25) is 9.59 Å². The largest absolute Gasteiger partial charge is 0.300 e. The summed E-state index contributed by atoms with van der Waals surface area (Å²) in [7, 11) is 0. The fourth-order valence-corrected chi connectivity index (χ4v) is 7.23. The van der Waals surface area contributed by atoms with Crippen molar-refractivity contribution < 1.29 is 11.0 Å². The molecule has 3 fully saturated rings. The standard InChI is InChI=1S/C21H30O2.CH4.H2/c1-13(22)17-6-7-18-16-5-4-14-12-15(23)8-10-20(14,2)19(16)9-11-21(17,18)3;;/h12,16-19H,4-11H2,1-3H3;1H4;1H/i;;1+1. The maximum absolute atomic E-state index is 12.1. The van der Waals surface area contributed by atoms with Crippen molar-refractivity contribution in [3.63, 3.8) is 0 Å². The maximum Gasteiger partial charge on any atom is 0.155 e. The van der Waals surface area contributed by atoms with Crippen molar-refractivity contribution >= 4 is 11.6 Å². The van der Waals surface area contributed by atoms with E-state index in [1.54, 1.807) is 6.92 Å². The normalized spacial score (nSPS) is 47.0. The summed E-state index contributed by atoms with van der Waals surface area (Å²) < 4.78 is 0. The third-order valence-electron chi connectivity index (χ3n) is 8.45. The molecule has 0 heterocycles. The van der Waals surface area contributed by atoms with Gasteiger partial charge in [-0.25, -0.2) is 0 Å². The van der Waals surface area contributed by atoms with E-state index in [2.05, 4.69) is 13.8 Å². The third-order valence-corrected chi connectivity index (χ3v) is 8.45. The van der Waals surface area contributed by atoms with Gasteiger partial charge in [0, 0.05) is 13.8 Å². The van der Waals surface area contributed by atoms with E-state index in [1.165, 1.54) is 31.3 Å². The Labute approximate surface area is 149 Å². The average Bonchev–Trinajstić information content (AvgIpc) is 2.85. The van der Waals surface area contributed by atoms with Gasteiger partial charge >= 0.3 is 0 Å². The minimum absolute atomic E-state index is 0. The summed E-state index contributed by atoms with van der Waals surface area (Å²) in [5.41, 5.74) is 1.95. The number of Topliss-reactive ketones (excluding diaryl/α,β-unsaturated/α-hetero) is 1. The Bertz CT molecular complexity index is 595. The van der Waals surface area contributed by atoms with Gasteiger partial charge in [0.15, 0.2) is 5.78 Å². The second-order valence-electron chi connectivity index (χ2n) is 9.25. The molecule has 0 aromatic heterocycles. The highest BCUT2D eigenvalue weighted by molar-refractivity contribution is 5.91. The molecule has 0 saturated heterocycles. The smallest absolute Gasteiger partial charge is 0.155 e. The zero-order valence-electron chi connectivity index (χ0n) is 14.9. The van der Waals surface area contributed by atoms with Crippen molar-refractivity contribution in [3.05, 3.63) is 11.6 Å². The lowest BCUT2D eigenvalue weighted by molar-refractivity contribution is -0.128. The van der Waals surface area contributed by atoms with Gasteiger partial charge in [-0.05, 0) is 86.5 Å². The van der Waals surface area contributed by atoms with Crippen LogP contribution >= 0.6 is 0 Å². The van der Waals surface area contributed by atoms with Crippen LogP contribution in [-0.4, -0.2) is 11.6 Å². The number of ketones is 2. The molecule has 136 valence electrons. The third kappa shape index (κ3) is 2.28. The van der Waals surface area contributed by atoms with Crippen LogP contribution in [0, 0.1) is 34.5 Å². The van der Waals surface area contributed by atoms with Crippen LogP contribution in [0.4, 0.5) is 0 Å². The lowest BCUT2D eigenvalue weighted by Crippen LogP contribution is -2.51. The molecule has 2 nitrogen and oxygen atoms in total. The molecule has 0 aromatic rings. The van der Waals surface area contributed by atoms with E-state index in [9.17, 15) is 9.59 Å². The first-order valence-electron chi connectivity index (χ1n) is 9.60. The van der Waals surface area contributed by atoms with E-state index in [1.807, 2.05) is 6.08 Å². The van der Waals surface area contributed by atoms with Crippen LogP contribution in [0.5, 0.6) is 0 Å². The fourth-order valence-electron chi connectivity index (χ4n) is 7.23. The predicted octanol–water partition coefficient (Wildman–Crippen LogP) is 5.61.